The van der Waals surface area contributed by atoms with E-state index in [1.807, 2.05) is 20.8 Å². The monoisotopic (exact) mass is 221 g/mol. The van der Waals surface area contributed by atoms with Crippen LogP contribution in [0.15, 0.2) is 0 Å². The van der Waals surface area contributed by atoms with E-state index < -0.39 is 20.3 Å². The number of hydrogen-bond donors (Lipinski definition) is 2. The van der Waals surface area contributed by atoms with Gasteiger partial charge in [0.1, 0.15) is 0 Å². The summed E-state index contributed by atoms with van der Waals surface area (Å²) < 4.78 is 25.8. The summed E-state index contributed by atoms with van der Waals surface area (Å²) in [5.41, 5.74) is -0.441. The quantitative estimate of drug-likeness (QED) is 0.731. The molecule has 0 aromatic rings. The summed E-state index contributed by atoms with van der Waals surface area (Å²) in [5.74, 6) is 0. The number of rotatable bonds is 4. The zero-order valence-corrected chi connectivity index (χ0v) is 9.82. The molecule has 0 aromatic heterocycles. The summed E-state index contributed by atoms with van der Waals surface area (Å²) in [5, 5.41) is 8.81. The van der Waals surface area contributed by atoms with Crippen molar-refractivity contribution in [2.75, 3.05) is 6.61 Å². The van der Waals surface area contributed by atoms with Gasteiger partial charge in [0.05, 0.1) is 4.75 Å². The summed E-state index contributed by atoms with van der Waals surface area (Å²) in [4.78, 5) is 0. The van der Waals surface area contributed by atoms with E-state index in [4.69, 9.17) is 5.11 Å². The third-order valence-electron chi connectivity index (χ3n) is 2.39. The van der Waals surface area contributed by atoms with E-state index in [0.717, 1.165) is 0 Å². The van der Waals surface area contributed by atoms with Gasteiger partial charge in [0.25, 0.3) is 0 Å². The Hall–Kier alpha value is -0.130. The molecule has 0 spiro atoms. The topological polar surface area (TPSA) is 66.4 Å². The summed E-state index contributed by atoms with van der Waals surface area (Å²) in [6.45, 7) is 5.39. The molecule has 0 aromatic carbocycles. The van der Waals surface area contributed by atoms with Gasteiger partial charge in [-0.2, -0.15) is 0 Å². The molecule has 0 heterocycles. The van der Waals surface area contributed by atoms with Gasteiger partial charge >= 0.3 is 0 Å². The highest BCUT2D eigenvalue weighted by Crippen LogP contribution is 2.46. The lowest BCUT2D eigenvalue weighted by atomic mass is 10.1. The van der Waals surface area contributed by atoms with Gasteiger partial charge in [-0.15, -0.1) is 0 Å². The van der Waals surface area contributed by atoms with E-state index in [1.165, 1.54) is 0 Å². The minimum absolute atomic E-state index is 0.0644. The Morgan fingerprint density at radius 1 is 1.36 bits per heavy atom. The molecule has 84 valence electrons. The van der Waals surface area contributed by atoms with Gasteiger partial charge in [-0.25, -0.2) is 13.1 Å². The molecule has 1 aliphatic rings. The number of sulfonamides is 1. The van der Waals surface area contributed by atoms with Crippen LogP contribution in [-0.4, -0.2) is 30.4 Å². The molecule has 0 unspecified atom stereocenters. The second kappa shape index (κ2) is 3.47. The predicted molar refractivity (Wildman–Crippen MR) is 55.5 cm³/mol. The maximum Gasteiger partial charge on any atom is 0.217 e. The summed E-state index contributed by atoms with van der Waals surface area (Å²) >= 11 is 0. The molecular formula is C9H19NO3S. The van der Waals surface area contributed by atoms with E-state index in [-0.39, 0.29) is 6.61 Å². The van der Waals surface area contributed by atoms with Crippen molar-refractivity contribution in [3.05, 3.63) is 0 Å². The van der Waals surface area contributed by atoms with Gasteiger partial charge in [-0.05, 0) is 40.0 Å². The van der Waals surface area contributed by atoms with Crippen molar-refractivity contribution in [3.8, 4) is 0 Å². The van der Waals surface area contributed by atoms with Crippen LogP contribution in [0.5, 0.6) is 0 Å². The number of aliphatic hydroxyl groups excluding tert-OH is 1. The average Bonchev–Trinajstić information content (AvgIpc) is 2.63. The molecule has 4 nitrogen and oxygen atoms in total. The first kappa shape index (κ1) is 11.9. The highest BCUT2D eigenvalue weighted by molar-refractivity contribution is 7.91. The van der Waals surface area contributed by atoms with Crippen molar-refractivity contribution in [1.82, 2.24) is 4.72 Å². The SMILES string of the molecule is CC(C)(C)NS(=O)(=O)C1(CCO)CC1. The number of aliphatic hydroxyl groups is 1. The molecule has 0 amide bonds. The fraction of sp³-hybridized carbons (Fsp3) is 1.00. The Kier molecular flexibility index (Phi) is 2.96. The minimum Gasteiger partial charge on any atom is -0.396 e. The van der Waals surface area contributed by atoms with Gasteiger partial charge in [0, 0.05) is 12.1 Å². The van der Waals surface area contributed by atoms with Crippen molar-refractivity contribution >= 4 is 10.0 Å². The van der Waals surface area contributed by atoms with Crippen LogP contribution in [0.25, 0.3) is 0 Å². The van der Waals surface area contributed by atoms with Crippen molar-refractivity contribution in [2.45, 2.75) is 50.3 Å². The van der Waals surface area contributed by atoms with Gasteiger partial charge in [-0.1, -0.05) is 0 Å². The fourth-order valence-corrected chi connectivity index (χ4v) is 3.53. The van der Waals surface area contributed by atoms with Gasteiger partial charge < -0.3 is 5.11 Å². The predicted octanol–water partition coefficient (Wildman–Crippen LogP) is 0.619. The number of hydrogen-bond acceptors (Lipinski definition) is 3. The standard InChI is InChI=1S/C9H19NO3S/c1-8(2,3)10-14(12,13)9(4-5-9)6-7-11/h10-11H,4-7H2,1-3H3. The van der Waals surface area contributed by atoms with E-state index in [1.54, 1.807) is 0 Å². The van der Waals surface area contributed by atoms with E-state index in [2.05, 4.69) is 4.72 Å². The maximum atomic E-state index is 11.9. The molecule has 14 heavy (non-hydrogen) atoms. The van der Waals surface area contributed by atoms with Crippen LogP contribution in [0.1, 0.15) is 40.0 Å². The number of nitrogens with one attached hydrogen (secondary N) is 1. The highest BCUT2D eigenvalue weighted by atomic mass is 32.2. The van der Waals surface area contributed by atoms with Crippen LogP contribution < -0.4 is 4.72 Å². The van der Waals surface area contributed by atoms with Crippen LogP contribution in [-0.2, 0) is 10.0 Å². The molecule has 0 saturated heterocycles. The molecule has 0 aliphatic heterocycles. The normalized spacial score (nSPS) is 20.9. The zero-order valence-electron chi connectivity index (χ0n) is 9.00. The van der Waals surface area contributed by atoms with Gasteiger partial charge in [0.15, 0.2) is 0 Å². The second-order valence-electron chi connectivity index (χ2n) is 5.01. The van der Waals surface area contributed by atoms with Crippen molar-refractivity contribution < 1.29 is 13.5 Å². The molecule has 0 radical (unpaired) electrons. The van der Waals surface area contributed by atoms with E-state index in [9.17, 15) is 8.42 Å². The lowest BCUT2D eigenvalue weighted by molar-refractivity contribution is 0.282. The molecule has 1 saturated carbocycles. The Labute approximate surface area is 85.8 Å². The summed E-state index contributed by atoms with van der Waals surface area (Å²) in [6.07, 6.45) is 1.68. The van der Waals surface area contributed by atoms with Crippen LogP contribution in [0.3, 0.4) is 0 Å². The first-order valence-electron chi connectivity index (χ1n) is 4.87. The van der Waals surface area contributed by atoms with E-state index >= 15 is 0 Å². The Balaban J connectivity index is 2.76. The average molecular weight is 221 g/mol. The minimum atomic E-state index is -3.28. The third kappa shape index (κ3) is 2.46. The van der Waals surface area contributed by atoms with Gasteiger partial charge in [0.2, 0.25) is 10.0 Å². The molecule has 5 heteroatoms. The van der Waals surface area contributed by atoms with Crippen molar-refractivity contribution in [1.29, 1.82) is 0 Å². The first-order valence-corrected chi connectivity index (χ1v) is 6.35. The molecule has 1 fully saturated rings. The molecule has 1 rings (SSSR count). The Morgan fingerprint density at radius 3 is 2.14 bits per heavy atom. The third-order valence-corrected chi connectivity index (χ3v) is 5.02. The van der Waals surface area contributed by atoms with Crippen LogP contribution in [0, 0.1) is 0 Å². The summed E-state index contributed by atoms with van der Waals surface area (Å²) in [6, 6.07) is 0. The Morgan fingerprint density at radius 2 is 1.86 bits per heavy atom. The van der Waals surface area contributed by atoms with Crippen LogP contribution in [0.2, 0.25) is 0 Å². The first-order chi connectivity index (χ1) is 6.22. The maximum absolute atomic E-state index is 11.9. The highest BCUT2D eigenvalue weighted by Gasteiger charge is 2.54. The molecule has 2 N–H and O–H groups in total. The van der Waals surface area contributed by atoms with Crippen LogP contribution in [0.4, 0.5) is 0 Å². The second-order valence-corrected chi connectivity index (χ2v) is 7.09. The molecule has 0 atom stereocenters. The van der Waals surface area contributed by atoms with Crippen LogP contribution >= 0.6 is 0 Å². The summed E-state index contributed by atoms with van der Waals surface area (Å²) in [7, 11) is -3.28. The van der Waals surface area contributed by atoms with E-state index in [0.29, 0.717) is 19.3 Å². The lowest BCUT2D eigenvalue weighted by Crippen LogP contribution is -2.46. The fourth-order valence-electron chi connectivity index (χ4n) is 1.51. The molecule has 1 aliphatic carbocycles. The van der Waals surface area contributed by atoms with Crippen molar-refractivity contribution in [2.24, 2.45) is 0 Å². The molecule has 0 bridgehead atoms. The largest absolute Gasteiger partial charge is 0.396 e. The molecular weight excluding hydrogens is 202 g/mol. The van der Waals surface area contributed by atoms with Crippen molar-refractivity contribution in [3.63, 3.8) is 0 Å². The zero-order chi connectivity index (χ0) is 11.0. The lowest BCUT2D eigenvalue weighted by Gasteiger charge is -2.24. The Bertz CT molecular complexity index is 299. The smallest absolute Gasteiger partial charge is 0.217 e. The van der Waals surface area contributed by atoms with Gasteiger partial charge in [-0.3, -0.25) is 0 Å².